The number of hydrogen-bond donors (Lipinski definition) is 4. The number of aromatic nitrogens is 4. The van der Waals surface area contributed by atoms with Gasteiger partial charge in [0.1, 0.15) is 22.4 Å². The van der Waals surface area contributed by atoms with Gasteiger partial charge in [0, 0.05) is 19.9 Å². The van der Waals surface area contributed by atoms with Gasteiger partial charge >= 0.3 is 0 Å². The van der Waals surface area contributed by atoms with E-state index in [1.807, 2.05) is 19.9 Å². The van der Waals surface area contributed by atoms with Crippen LogP contribution in [0.1, 0.15) is 31.2 Å². The zero-order valence-corrected chi connectivity index (χ0v) is 20.2. The molecule has 0 aromatic carbocycles. The second kappa shape index (κ2) is 9.61. The van der Waals surface area contributed by atoms with E-state index in [0.717, 1.165) is 15.9 Å². The van der Waals surface area contributed by atoms with E-state index in [4.69, 9.17) is 9.72 Å². The van der Waals surface area contributed by atoms with Gasteiger partial charge in [0.15, 0.2) is 5.72 Å². The molecular weight excluding hydrogens is 466 g/mol. The van der Waals surface area contributed by atoms with Crippen molar-refractivity contribution in [1.82, 2.24) is 19.9 Å². The zero-order valence-electron chi connectivity index (χ0n) is 19.3. The minimum Gasteiger partial charge on any atom is -0.388 e. The van der Waals surface area contributed by atoms with Crippen molar-refractivity contribution >= 4 is 33.3 Å². The molecule has 4 rings (SSSR count). The molecule has 4 N–H and O–H groups in total. The number of hydrogen-bond acceptors (Lipinski definition) is 10. The van der Waals surface area contributed by atoms with E-state index in [2.05, 4.69) is 25.6 Å². The third-order valence-corrected chi connectivity index (χ3v) is 7.19. The fourth-order valence-electron chi connectivity index (χ4n) is 4.06. The van der Waals surface area contributed by atoms with Crippen molar-refractivity contribution < 1.29 is 23.7 Å². The maximum absolute atomic E-state index is 13.3. The van der Waals surface area contributed by atoms with Crippen LogP contribution in [-0.4, -0.2) is 68.2 Å². The number of rotatable bonds is 8. The first-order valence-corrected chi connectivity index (χ1v) is 11.8. The van der Waals surface area contributed by atoms with Crippen molar-refractivity contribution in [1.29, 1.82) is 0 Å². The first-order chi connectivity index (χ1) is 16.1. The van der Waals surface area contributed by atoms with Crippen LogP contribution in [0.5, 0.6) is 0 Å². The molecule has 1 aliphatic carbocycles. The lowest BCUT2D eigenvalue weighted by atomic mass is 10.0. The molecule has 3 aromatic rings. The van der Waals surface area contributed by atoms with Crippen LogP contribution in [0.2, 0.25) is 0 Å². The van der Waals surface area contributed by atoms with Gasteiger partial charge in [-0.1, -0.05) is 0 Å². The van der Waals surface area contributed by atoms with Crippen molar-refractivity contribution in [3.63, 3.8) is 0 Å². The Kier molecular flexibility index (Phi) is 6.94. The molecule has 184 valence electrons. The van der Waals surface area contributed by atoms with E-state index in [-0.39, 0.29) is 30.7 Å². The third-order valence-electron chi connectivity index (χ3n) is 6.16. The highest BCUT2D eigenvalue weighted by Gasteiger charge is 2.50. The quantitative estimate of drug-likeness (QED) is 0.349. The number of methoxy groups -OCH3 is 1. The average molecular weight is 495 g/mol. The molecule has 3 heterocycles. The van der Waals surface area contributed by atoms with E-state index in [9.17, 15) is 19.0 Å². The number of nitrogens with one attached hydrogen (secondary N) is 2. The number of aliphatic hydroxyl groups excluding tert-OH is 1. The summed E-state index contributed by atoms with van der Waals surface area (Å²) in [5.74, 6) is -0.866. The van der Waals surface area contributed by atoms with Crippen molar-refractivity contribution in [2.75, 3.05) is 24.3 Å². The Morgan fingerprint density at radius 1 is 1.26 bits per heavy atom. The third kappa shape index (κ3) is 4.67. The lowest BCUT2D eigenvalue weighted by Crippen LogP contribution is -2.48. The second-order valence-corrected chi connectivity index (χ2v) is 9.61. The SMILES string of the molecule is CO[C@H](C)CNc1nc(C)c(-c2nc3c(C)nccc3s2)c(N[C@]2(O)CC[C@H](C(F)F)[C@H]2O)n1. The number of nitrogens with zero attached hydrogens (tertiary/aromatic N) is 4. The number of aryl methyl sites for hydroxylation is 2. The van der Waals surface area contributed by atoms with Crippen molar-refractivity contribution in [2.45, 2.75) is 58.0 Å². The summed E-state index contributed by atoms with van der Waals surface area (Å²) >= 11 is 1.41. The molecule has 0 amide bonds. The van der Waals surface area contributed by atoms with Gasteiger partial charge in [0.2, 0.25) is 12.4 Å². The summed E-state index contributed by atoms with van der Waals surface area (Å²) in [5, 5.41) is 28.2. The molecule has 3 aromatic heterocycles. The van der Waals surface area contributed by atoms with Gasteiger partial charge in [-0.05, 0) is 39.7 Å². The standard InChI is InChI=1S/C22H28F2N6O3S/c1-10(33-4)9-26-21-27-11(2)15(20-28-16-12(3)25-8-6-14(16)34-20)19(29-21)30-22(32)7-5-13(17(22)31)18(23)24/h6,8,10,13,17-18,31-32H,5,7,9H2,1-4H3,(H2,26,27,29,30)/t10-,13+,17-,22+/m1/s1. The molecule has 1 saturated carbocycles. The molecule has 1 aliphatic rings. The summed E-state index contributed by atoms with van der Waals surface area (Å²) in [5.41, 5.74) is 0.621. The van der Waals surface area contributed by atoms with Crippen LogP contribution in [0.4, 0.5) is 20.5 Å². The largest absolute Gasteiger partial charge is 0.388 e. The van der Waals surface area contributed by atoms with Gasteiger partial charge in [-0.2, -0.15) is 4.98 Å². The van der Waals surface area contributed by atoms with Crippen LogP contribution in [-0.2, 0) is 4.74 Å². The molecule has 0 radical (unpaired) electrons. The van der Waals surface area contributed by atoms with Crippen LogP contribution in [0, 0.1) is 19.8 Å². The number of ether oxygens (including phenoxy) is 1. The van der Waals surface area contributed by atoms with Crippen molar-refractivity contribution in [3.05, 3.63) is 23.7 Å². The predicted octanol–water partition coefficient (Wildman–Crippen LogP) is 3.35. The molecule has 4 atom stereocenters. The molecule has 12 heteroatoms. The van der Waals surface area contributed by atoms with Gasteiger partial charge in [0.05, 0.1) is 33.7 Å². The lowest BCUT2D eigenvalue weighted by Gasteiger charge is -2.31. The minimum absolute atomic E-state index is 0.0236. The normalized spacial score (nSPS) is 23.6. The van der Waals surface area contributed by atoms with Crippen LogP contribution in [0.3, 0.4) is 0 Å². The Morgan fingerprint density at radius 2 is 2.03 bits per heavy atom. The molecule has 34 heavy (non-hydrogen) atoms. The summed E-state index contributed by atoms with van der Waals surface area (Å²) in [6.45, 7) is 5.95. The van der Waals surface area contributed by atoms with E-state index < -0.39 is 24.2 Å². The highest BCUT2D eigenvalue weighted by atomic mass is 32.1. The minimum atomic E-state index is -2.75. The van der Waals surface area contributed by atoms with Crippen LogP contribution >= 0.6 is 11.3 Å². The summed E-state index contributed by atoms with van der Waals surface area (Å²) in [6, 6.07) is 1.86. The fraction of sp³-hybridized carbons (Fsp3) is 0.545. The molecule has 9 nitrogen and oxygen atoms in total. The van der Waals surface area contributed by atoms with Crippen molar-refractivity contribution in [3.8, 4) is 10.6 Å². The van der Waals surface area contributed by atoms with Gasteiger partial charge < -0.3 is 25.6 Å². The maximum atomic E-state index is 13.3. The van der Waals surface area contributed by atoms with Crippen LogP contribution in [0.25, 0.3) is 20.8 Å². The molecule has 0 unspecified atom stereocenters. The number of anilines is 2. The van der Waals surface area contributed by atoms with Gasteiger partial charge in [-0.15, -0.1) is 11.3 Å². The molecule has 0 bridgehead atoms. The molecule has 0 aliphatic heterocycles. The zero-order chi connectivity index (χ0) is 24.6. The Balaban J connectivity index is 1.78. The van der Waals surface area contributed by atoms with E-state index in [0.29, 0.717) is 22.8 Å². The number of aliphatic hydroxyl groups is 2. The number of thiazole rings is 1. The number of fused-ring (bicyclic) bond motifs is 1. The molecular formula is C22H28F2N6O3S. The number of halogens is 2. The Hall–Kier alpha value is -2.54. The summed E-state index contributed by atoms with van der Waals surface area (Å²) in [4.78, 5) is 18.1. The number of pyridine rings is 1. The first kappa shape index (κ1) is 24.6. The topological polar surface area (TPSA) is 125 Å². The van der Waals surface area contributed by atoms with Crippen LogP contribution < -0.4 is 10.6 Å². The average Bonchev–Trinajstić information content (AvgIpc) is 3.34. The first-order valence-electron chi connectivity index (χ1n) is 11.0. The predicted molar refractivity (Wildman–Crippen MR) is 126 cm³/mol. The Morgan fingerprint density at radius 3 is 2.68 bits per heavy atom. The fourth-order valence-corrected chi connectivity index (χ4v) is 5.17. The highest BCUT2D eigenvalue weighted by Crippen LogP contribution is 2.42. The summed E-state index contributed by atoms with van der Waals surface area (Å²) in [6.07, 6.45) is -2.89. The van der Waals surface area contributed by atoms with Crippen molar-refractivity contribution in [2.24, 2.45) is 5.92 Å². The highest BCUT2D eigenvalue weighted by molar-refractivity contribution is 7.21. The molecule has 0 spiro atoms. The Bertz CT molecular complexity index is 1180. The maximum Gasteiger partial charge on any atom is 0.244 e. The Labute approximate surface area is 199 Å². The van der Waals surface area contributed by atoms with E-state index >= 15 is 0 Å². The smallest absolute Gasteiger partial charge is 0.244 e. The molecule has 0 saturated heterocycles. The number of alkyl halides is 2. The van der Waals surface area contributed by atoms with Gasteiger partial charge in [-0.3, -0.25) is 4.98 Å². The van der Waals surface area contributed by atoms with E-state index in [1.165, 1.54) is 11.3 Å². The monoisotopic (exact) mass is 494 g/mol. The summed E-state index contributed by atoms with van der Waals surface area (Å²) in [7, 11) is 1.59. The second-order valence-electron chi connectivity index (χ2n) is 8.58. The molecule has 1 fully saturated rings. The van der Waals surface area contributed by atoms with Crippen LogP contribution in [0.15, 0.2) is 12.3 Å². The summed E-state index contributed by atoms with van der Waals surface area (Å²) < 4.78 is 32.9. The van der Waals surface area contributed by atoms with E-state index in [1.54, 1.807) is 20.2 Å². The van der Waals surface area contributed by atoms with Gasteiger partial charge in [0.25, 0.3) is 0 Å². The lowest BCUT2D eigenvalue weighted by molar-refractivity contribution is -0.0763. The van der Waals surface area contributed by atoms with Gasteiger partial charge in [-0.25, -0.2) is 18.7 Å².